The summed E-state index contributed by atoms with van der Waals surface area (Å²) in [5, 5.41) is 10.4. The van der Waals surface area contributed by atoms with Crippen molar-refractivity contribution in [3.63, 3.8) is 0 Å². The molecule has 0 heterocycles. The summed E-state index contributed by atoms with van der Waals surface area (Å²) in [5.41, 5.74) is 1.24. The van der Waals surface area contributed by atoms with Gasteiger partial charge in [-0.2, -0.15) is 5.26 Å². The zero-order valence-corrected chi connectivity index (χ0v) is 8.30. The van der Waals surface area contributed by atoms with Crippen molar-refractivity contribution in [1.82, 2.24) is 0 Å². The van der Waals surface area contributed by atoms with E-state index in [0.29, 0.717) is 0 Å². The van der Waals surface area contributed by atoms with Crippen LogP contribution in [0.1, 0.15) is 5.56 Å². The fraction of sp³-hybridized carbons (Fsp3) is 0.300. The lowest BCUT2D eigenvalue weighted by molar-refractivity contribution is 0.414. The summed E-state index contributed by atoms with van der Waals surface area (Å²) in [6.07, 6.45) is 0.933. The van der Waals surface area contributed by atoms with Gasteiger partial charge in [0.1, 0.15) is 11.2 Å². The summed E-state index contributed by atoms with van der Waals surface area (Å²) in [7, 11) is 1.65. The first-order valence-electron chi connectivity index (χ1n) is 4.00. The number of thiocyanates is 1. The highest BCUT2D eigenvalue weighted by Gasteiger charge is 1.94. The monoisotopic (exact) mass is 193 g/mol. The third-order valence-corrected chi connectivity index (χ3v) is 2.25. The zero-order chi connectivity index (χ0) is 9.52. The van der Waals surface area contributed by atoms with Gasteiger partial charge in [-0.25, -0.2) is 0 Å². The van der Waals surface area contributed by atoms with E-state index in [-0.39, 0.29) is 0 Å². The second-order valence-electron chi connectivity index (χ2n) is 2.54. The number of hydrogen-bond donors (Lipinski definition) is 0. The molecule has 1 aromatic rings. The predicted molar refractivity (Wildman–Crippen MR) is 54.8 cm³/mol. The first kappa shape index (κ1) is 9.94. The van der Waals surface area contributed by atoms with Crippen LogP contribution in [-0.2, 0) is 6.42 Å². The topological polar surface area (TPSA) is 33.0 Å². The number of hydrogen-bond acceptors (Lipinski definition) is 3. The maximum Gasteiger partial charge on any atom is 0.133 e. The number of benzene rings is 1. The second kappa shape index (κ2) is 5.50. The molecule has 0 saturated carbocycles. The van der Waals surface area contributed by atoms with E-state index in [4.69, 9.17) is 10.00 Å². The van der Waals surface area contributed by atoms with Crippen LogP contribution in [0.3, 0.4) is 0 Å². The second-order valence-corrected chi connectivity index (χ2v) is 3.42. The molecule has 0 aromatic heterocycles. The molecule has 0 aliphatic rings. The average Bonchev–Trinajstić information content (AvgIpc) is 2.19. The molecule has 0 amide bonds. The third kappa shape index (κ3) is 3.39. The number of nitrogens with zero attached hydrogens (tertiary/aromatic N) is 1. The predicted octanol–water partition coefficient (Wildman–Crippen LogP) is 2.45. The van der Waals surface area contributed by atoms with E-state index >= 15 is 0 Å². The minimum Gasteiger partial charge on any atom is -0.497 e. The van der Waals surface area contributed by atoms with Gasteiger partial charge in [0, 0.05) is 5.75 Å². The summed E-state index contributed by atoms with van der Waals surface area (Å²) < 4.78 is 5.04. The molecule has 1 rings (SSSR count). The number of ether oxygens (including phenoxy) is 1. The molecule has 0 atom stereocenters. The van der Waals surface area contributed by atoms with Crippen molar-refractivity contribution < 1.29 is 4.74 Å². The average molecular weight is 193 g/mol. The van der Waals surface area contributed by atoms with Crippen LogP contribution >= 0.6 is 11.8 Å². The van der Waals surface area contributed by atoms with Gasteiger partial charge >= 0.3 is 0 Å². The highest BCUT2D eigenvalue weighted by molar-refractivity contribution is 8.03. The Morgan fingerprint density at radius 3 is 2.62 bits per heavy atom. The number of nitriles is 1. The molecule has 0 radical (unpaired) electrons. The molecule has 2 nitrogen and oxygen atoms in total. The van der Waals surface area contributed by atoms with E-state index in [2.05, 4.69) is 5.40 Å². The van der Waals surface area contributed by atoms with Gasteiger partial charge in [0.2, 0.25) is 0 Å². The van der Waals surface area contributed by atoms with E-state index in [1.165, 1.54) is 17.3 Å². The Bertz CT molecular complexity index is 289. The quantitative estimate of drug-likeness (QED) is 0.544. The van der Waals surface area contributed by atoms with Gasteiger partial charge in [-0.05, 0) is 35.9 Å². The lowest BCUT2D eigenvalue weighted by Gasteiger charge is -2.01. The fourth-order valence-corrected chi connectivity index (χ4v) is 1.44. The van der Waals surface area contributed by atoms with Crippen molar-refractivity contribution in [2.24, 2.45) is 0 Å². The van der Waals surface area contributed by atoms with Crippen molar-refractivity contribution in [2.75, 3.05) is 12.9 Å². The van der Waals surface area contributed by atoms with Gasteiger partial charge in [-0.1, -0.05) is 12.1 Å². The number of methoxy groups -OCH3 is 1. The molecule has 1 aromatic carbocycles. The smallest absolute Gasteiger partial charge is 0.133 e. The van der Waals surface area contributed by atoms with Crippen LogP contribution in [0.25, 0.3) is 0 Å². The Morgan fingerprint density at radius 2 is 2.08 bits per heavy atom. The maximum absolute atomic E-state index is 8.32. The van der Waals surface area contributed by atoms with Crippen molar-refractivity contribution >= 4 is 11.8 Å². The van der Waals surface area contributed by atoms with Crippen molar-refractivity contribution in [3.8, 4) is 11.2 Å². The fourth-order valence-electron chi connectivity index (χ4n) is 1.01. The Balaban J connectivity index is 2.45. The van der Waals surface area contributed by atoms with Crippen LogP contribution in [0, 0.1) is 10.7 Å². The van der Waals surface area contributed by atoms with E-state index < -0.39 is 0 Å². The van der Waals surface area contributed by atoms with Crippen molar-refractivity contribution in [2.45, 2.75) is 6.42 Å². The Hall–Kier alpha value is -1.14. The highest BCUT2D eigenvalue weighted by atomic mass is 32.2. The first-order chi connectivity index (χ1) is 6.36. The summed E-state index contributed by atoms with van der Waals surface area (Å²) in [6, 6.07) is 7.92. The highest BCUT2D eigenvalue weighted by Crippen LogP contribution is 2.12. The van der Waals surface area contributed by atoms with E-state index in [1.54, 1.807) is 7.11 Å². The van der Waals surface area contributed by atoms with Crippen molar-refractivity contribution in [3.05, 3.63) is 29.8 Å². The molecule has 0 fully saturated rings. The van der Waals surface area contributed by atoms with Gasteiger partial charge in [-0.15, -0.1) is 0 Å². The molecule has 0 N–H and O–H groups in total. The van der Waals surface area contributed by atoms with Crippen molar-refractivity contribution in [1.29, 1.82) is 5.26 Å². The Kier molecular flexibility index (Phi) is 4.20. The summed E-state index contributed by atoms with van der Waals surface area (Å²) in [4.78, 5) is 0. The normalized spacial score (nSPS) is 9.23. The van der Waals surface area contributed by atoms with Gasteiger partial charge < -0.3 is 4.74 Å². The van der Waals surface area contributed by atoms with Crippen LogP contribution in [-0.4, -0.2) is 12.9 Å². The molecule has 0 aliphatic carbocycles. The van der Waals surface area contributed by atoms with E-state index in [9.17, 15) is 0 Å². The van der Waals surface area contributed by atoms with Gasteiger partial charge in [0.15, 0.2) is 0 Å². The molecule has 68 valence electrons. The van der Waals surface area contributed by atoms with Crippen LogP contribution in [0.2, 0.25) is 0 Å². The van der Waals surface area contributed by atoms with Crippen LogP contribution in [0.5, 0.6) is 5.75 Å². The summed E-state index contributed by atoms with van der Waals surface area (Å²) in [5.74, 6) is 1.72. The molecular weight excluding hydrogens is 182 g/mol. The molecule has 0 unspecified atom stereocenters. The lowest BCUT2D eigenvalue weighted by Crippen LogP contribution is -1.88. The van der Waals surface area contributed by atoms with Crippen LogP contribution in [0.4, 0.5) is 0 Å². The molecule has 13 heavy (non-hydrogen) atoms. The van der Waals surface area contributed by atoms with Gasteiger partial charge in [0.25, 0.3) is 0 Å². The number of thioether (sulfide) groups is 1. The first-order valence-corrected chi connectivity index (χ1v) is 4.99. The SMILES string of the molecule is COc1ccc(CCSC#N)cc1. The largest absolute Gasteiger partial charge is 0.497 e. The van der Waals surface area contributed by atoms with E-state index in [0.717, 1.165) is 17.9 Å². The summed E-state index contributed by atoms with van der Waals surface area (Å²) in [6.45, 7) is 0. The maximum atomic E-state index is 8.32. The molecule has 0 saturated heterocycles. The third-order valence-electron chi connectivity index (χ3n) is 1.72. The van der Waals surface area contributed by atoms with Gasteiger partial charge in [0.05, 0.1) is 7.11 Å². The molecule has 0 spiro atoms. The zero-order valence-electron chi connectivity index (χ0n) is 7.49. The number of rotatable bonds is 4. The minimum atomic E-state index is 0.850. The van der Waals surface area contributed by atoms with E-state index in [1.807, 2.05) is 24.3 Å². The summed E-state index contributed by atoms with van der Waals surface area (Å²) >= 11 is 1.29. The number of aryl methyl sites for hydroxylation is 1. The van der Waals surface area contributed by atoms with Crippen LogP contribution in [0.15, 0.2) is 24.3 Å². The molecule has 0 aliphatic heterocycles. The van der Waals surface area contributed by atoms with Crippen LogP contribution < -0.4 is 4.74 Å². The molecule has 3 heteroatoms. The Morgan fingerprint density at radius 1 is 1.38 bits per heavy atom. The minimum absolute atomic E-state index is 0.850. The van der Waals surface area contributed by atoms with Gasteiger partial charge in [-0.3, -0.25) is 0 Å². The molecule has 0 bridgehead atoms. The standard InChI is InChI=1S/C10H11NOS/c1-12-10-4-2-9(3-5-10)6-7-13-8-11/h2-5H,6-7H2,1H3. The Labute approximate surface area is 82.5 Å². The lowest BCUT2D eigenvalue weighted by atomic mass is 10.2. The molecular formula is C10H11NOS.